The number of nitrogens with zero attached hydrogens (tertiary/aromatic N) is 2. The summed E-state index contributed by atoms with van der Waals surface area (Å²) in [5.74, 6) is 0. The van der Waals surface area contributed by atoms with Gasteiger partial charge in [0.1, 0.15) is 5.15 Å². The molecule has 0 aliphatic rings. The standard InChI is InChI=1S/C10H11ClN2O2/c1-3-5-12-8(11)7-9(14)13(6-4-2)10(12)15/h3-4,7H,1-2,5-6H2. The predicted octanol–water partition coefficient (Wildman–Crippen LogP) is 1.04. The van der Waals surface area contributed by atoms with Gasteiger partial charge in [0, 0.05) is 19.2 Å². The molecule has 0 spiro atoms. The zero-order chi connectivity index (χ0) is 11.4. The van der Waals surface area contributed by atoms with Crippen LogP contribution < -0.4 is 11.2 Å². The molecule has 4 nitrogen and oxygen atoms in total. The highest BCUT2D eigenvalue weighted by atomic mass is 35.5. The van der Waals surface area contributed by atoms with Crippen molar-refractivity contribution >= 4 is 11.6 Å². The van der Waals surface area contributed by atoms with Crippen molar-refractivity contribution in [2.24, 2.45) is 0 Å². The quantitative estimate of drug-likeness (QED) is 0.569. The highest BCUT2D eigenvalue weighted by molar-refractivity contribution is 6.29. The van der Waals surface area contributed by atoms with Crippen molar-refractivity contribution in [1.29, 1.82) is 0 Å². The number of rotatable bonds is 4. The van der Waals surface area contributed by atoms with E-state index in [-0.39, 0.29) is 18.2 Å². The van der Waals surface area contributed by atoms with E-state index in [2.05, 4.69) is 13.2 Å². The lowest BCUT2D eigenvalue weighted by Crippen LogP contribution is -2.39. The molecule has 15 heavy (non-hydrogen) atoms. The summed E-state index contributed by atoms with van der Waals surface area (Å²) in [6, 6.07) is 1.20. The van der Waals surface area contributed by atoms with Gasteiger partial charge < -0.3 is 0 Å². The number of allylic oxidation sites excluding steroid dienone is 2. The zero-order valence-electron chi connectivity index (χ0n) is 8.15. The summed E-state index contributed by atoms with van der Waals surface area (Å²) in [6.07, 6.45) is 3.02. The van der Waals surface area contributed by atoms with E-state index < -0.39 is 11.2 Å². The first-order valence-corrected chi connectivity index (χ1v) is 4.71. The molecule has 0 fully saturated rings. The maximum absolute atomic E-state index is 11.7. The first-order chi connectivity index (χ1) is 7.11. The summed E-state index contributed by atoms with van der Waals surface area (Å²) in [5, 5.41) is 0.116. The Kier molecular flexibility index (Phi) is 3.68. The number of hydrogen-bond donors (Lipinski definition) is 0. The summed E-state index contributed by atoms with van der Waals surface area (Å²) in [5.41, 5.74) is -0.877. The van der Waals surface area contributed by atoms with E-state index >= 15 is 0 Å². The fourth-order valence-electron chi connectivity index (χ4n) is 1.18. The van der Waals surface area contributed by atoms with Gasteiger partial charge in [-0.3, -0.25) is 13.9 Å². The van der Waals surface area contributed by atoms with Crippen molar-refractivity contribution in [3.63, 3.8) is 0 Å². The highest BCUT2D eigenvalue weighted by Gasteiger charge is 2.07. The Balaban J connectivity index is 3.48. The van der Waals surface area contributed by atoms with Gasteiger partial charge in [-0.1, -0.05) is 23.8 Å². The van der Waals surface area contributed by atoms with Crippen LogP contribution in [-0.4, -0.2) is 9.13 Å². The van der Waals surface area contributed by atoms with E-state index in [4.69, 9.17) is 11.6 Å². The molecule has 0 aliphatic heterocycles. The Bertz CT molecular complexity index is 499. The molecule has 0 radical (unpaired) electrons. The summed E-state index contributed by atoms with van der Waals surface area (Å²) in [7, 11) is 0. The minimum absolute atomic E-state index is 0.116. The van der Waals surface area contributed by atoms with Gasteiger partial charge in [-0.25, -0.2) is 4.79 Å². The van der Waals surface area contributed by atoms with Gasteiger partial charge in [-0.2, -0.15) is 0 Å². The molecule has 1 aromatic heterocycles. The van der Waals surface area contributed by atoms with E-state index in [1.54, 1.807) is 0 Å². The van der Waals surface area contributed by atoms with E-state index in [1.807, 2.05) is 0 Å². The minimum Gasteiger partial charge on any atom is -0.280 e. The fourth-order valence-corrected chi connectivity index (χ4v) is 1.42. The van der Waals surface area contributed by atoms with E-state index in [9.17, 15) is 9.59 Å². The molecule has 1 rings (SSSR count). The average molecular weight is 227 g/mol. The van der Waals surface area contributed by atoms with Gasteiger partial charge in [0.25, 0.3) is 5.56 Å². The molecule has 1 aromatic rings. The lowest BCUT2D eigenvalue weighted by atomic mass is 10.5. The molecule has 0 bridgehead atoms. The second-order valence-corrected chi connectivity index (χ2v) is 3.27. The Morgan fingerprint density at radius 2 is 1.73 bits per heavy atom. The third-order valence-electron chi connectivity index (χ3n) is 1.85. The number of aromatic nitrogens is 2. The van der Waals surface area contributed by atoms with Crippen molar-refractivity contribution in [3.8, 4) is 0 Å². The Morgan fingerprint density at radius 1 is 1.20 bits per heavy atom. The SMILES string of the molecule is C=CCn1c(Cl)cc(=O)n(CC=C)c1=O. The largest absolute Gasteiger partial charge is 0.332 e. The predicted molar refractivity (Wildman–Crippen MR) is 60.4 cm³/mol. The molecule has 0 aromatic carbocycles. The summed E-state index contributed by atoms with van der Waals surface area (Å²) >= 11 is 5.76. The Hall–Kier alpha value is -1.55. The lowest BCUT2D eigenvalue weighted by Gasteiger charge is -2.08. The van der Waals surface area contributed by atoms with Crippen LogP contribution in [0.2, 0.25) is 5.15 Å². The normalized spacial score (nSPS) is 9.93. The van der Waals surface area contributed by atoms with Crippen LogP contribution in [0.15, 0.2) is 41.0 Å². The third-order valence-corrected chi connectivity index (χ3v) is 2.16. The van der Waals surface area contributed by atoms with Gasteiger partial charge in [0.2, 0.25) is 0 Å². The summed E-state index contributed by atoms with van der Waals surface area (Å²) in [4.78, 5) is 23.1. The molecule has 0 saturated carbocycles. The molecule has 1 heterocycles. The molecule has 5 heteroatoms. The second kappa shape index (κ2) is 4.79. The fraction of sp³-hybridized carbons (Fsp3) is 0.200. The first kappa shape index (κ1) is 11.5. The van der Waals surface area contributed by atoms with Crippen molar-refractivity contribution in [2.75, 3.05) is 0 Å². The van der Waals surface area contributed by atoms with Crippen molar-refractivity contribution in [2.45, 2.75) is 13.1 Å². The van der Waals surface area contributed by atoms with Crippen molar-refractivity contribution in [1.82, 2.24) is 9.13 Å². The number of halogens is 1. The van der Waals surface area contributed by atoms with Crippen LogP contribution in [0.25, 0.3) is 0 Å². The molecular formula is C10H11ClN2O2. The van der Waals surface area contributed by atoms with Gasteiger partial charge in [-0.05, 0) is 0 Å². The maximum Gasteiger partial charge on any atom is 0.332 e. The first-order valence-electron chi connectivity index (χ1n) is 4.33. The van der Waals surface area contributed by atoms with E-state index in [0.29, 0.717) is 0 Å². The van der Waals surface area contributed by atoms with Gasteiger partial charge in [0.15, 0.2) is 0 Å². The maximum atomic E-state index is 11.7. The smallest absolute Gasteiger partial charge is 0.280 e. The highest BCUT2D eigenvalue weighted by Crippen LogP contribution is 2.01. The van der Waals surface area contributed by atoms with Crippen molar-refractivity contribution in [3.05, 3.63) is 57.4 Å². The molecule has 0 unspecified atom stereocenters. The Labute approximate surface area is 91.7 Å². The van der Waals surface area contributed by atoms with Gasteiger partial charge >= 0.3 is 5.69 Å². The van der Waals surface area contributed by atoms with Crippen LogP contribution in [-0.2, 0) is 13.1 Å². The van der Waals surface area contributed by atoms with Gasteiger partial charge in [-0.15, -0.1) is 13.2 Å². The van der Waals surface area contributed by atoms with Crippen LogP contribution in [0.1, 0.15) is 0 Å². The summed E-state index contributed by atoms with van der Waals surface area (Å²) in [6.45, 7) is 7.43. The summed E-state index contributed by atoms with van der Waals surface area (Å²) < 4.78 is 2.32. The molecule has 0 N–H and O–H groups in total. The van der Waals surface area contributed by atoms with Crippen LogP contribution >= 0.6 is 11.6 Å². The molecular weight excluding hydrogens is 216 g/mol. The number of hydrogen-bond acceptors (Lipinski definition) is 2. The van der Waals surface area contributed by atoms with E-state index in [1.165, 1.54) is 22.8 Å². The topological polar surface area (TPSA) is 44.0 Å². The molecule has 0 atom stereocenters. The molecule has 0 amide bonds. The lowest BCUT2D eigenvalue weighted by molar-refractivity contribution is 0.626. The molecule has 80 valence electrons. The van der Waals surface area contributed by atoms with Crippen LogP contribution in [0.5, 0.6) is 0 Å². The van der Waals surface area contributed by atoms with Crippen LogP contribution in [0.4, 0.5) is 0 Å². The van der Waals surface area contributed by atoms with Crippen LogP contribution in [0, 0.1) is 0 Å². The monoisotopic (exact) mass is 226 g/mol. The average Bonchev–Trinajstić information content (AvgIpc) is 2.19. The van der Waals surface area contributed by atoms with Gasteiger partial charge in [0.05, 0.1) is 0 Å². The van der Waals surface area contributed by atoms with Crippen molar-refractivity contribution < 1.29 is 0 Å². The molecule has 0 aliphatic carbocycles. The third kappa shape index (κ3) is 2.27. The Morgan fingerprint density at radius 3 is 2.27 bits per heavy atom. The minimum atomic E-state index is -0.452. The molecule has 0 saturated heterocycles. The van der Waals surface area contributed by atoms with Crippen LogP contribution in [0.3, 0.4) is 0 Å². The second-order valence-electron chi connectivity index (χ2n) is 2.89. The van der Waals surface area contributed by atoms with E-state index in [0.717, 1.165) is 4.57 Å². The zero-order valence-corrected chi connectivity index (χ0v) is 8.91.